The van der Waals surface area contributed by atoms with Crippen LogP contribution in [0, 0.1) is 0 Å². The number of rotatable bonds is 6. The number of nitrogens with zero attached hydrogens (tertiary/aromatic N) is 2. The van der Waals surface area contributed by atoms with Gasteiger partial charge < -0.3 is 19.4 Å². The SMILES string of the molecule is CCn1ccnc1NC(C)c1ccc(OC)c(OC)c1. The minimum absolute atomic E-state index is 0.127. The summed E-state index contributed by atoms with van der Waals surface area (Å²) in [5.41, 5.74) is 1.12. The molecule has 5 nitrogen and oxygen atoms in total. The van der Waals surface area contributed by atoms with Crippen LogP contribution in [-0.2, 0) is 6.54 Å². The number of hydrogen-bond donors (Lipinski definition) is 1. The van der Waals surface area contributed by atoms with Crippen LogP contribution in [0.3, 0.4) is 0 Å². The highest BCUT2D eigenvalue weighted by molar-refractivity contribution is 5.45. The quantitative estimate of drug-likeness (QED) is 0.880. The van der Waals surface area contributed by atoms with E-state index in [4.69, 9.17) is 9.47 Å². The van der Waals surface area contributed by atoms with Crippen LogP contribution in [0.15, 0.2) is 30.6 Å². The molecule has 1 N–H and O–H groups in total. The second-order valence-electron chi connectivity index (χ2n) is 4.52. The molecule has 0 spiro atoms. The van der Waals surface area contributed by atoms with E-state index < -0.39 is 0 Å². The molecule has 2 aromatic rings. The van der Waals surface area contributed by atoms with E-state index in [0.29, 0.717) is 0 Å². The number of aromatic nitrogens is 2. The molecule has 20 heavy (non-hydrogen) atoms. The van der Waals surface area contributed by atoms with Gasteiger partial charge in [0.1, 0.15) is 0 Å². The van der Waals surface area contributed by atoms with Crippen molar-refractivity contribution in [1.29, 1.82) is 0 Å². The molecular weight excluding hydrogens is 254 g/mol. The van der Waals surface area contributed by atoms with Crippen molar-refractivity contribution >= 4 is 5.95 Å². The number of methoxy groups -OCH3 is 2. The van der Waals surface area contributed by atoms with Crippen LogP contribution in [0.1, 0.15) is 25.5 Å². The first kappa shape index (κ1) is 14.2. The van der Waals surface area contributed by atoms with Crippen molar-refractivity contribution in [3.8, 4) is 11.5 Å². The zero-order valence-electron chi connectivity index (χ0n) is 12.4. The van der Waals surface area contributed by atoms with Crippen molar-refractivity contribution in [1.82, 2.24) is 9.55 Å². The summed E-state index contributed by atoms with van der Waals surface area (Å²) in [4.78, 5) is 4.32. The molecule has 0 saturated heterocycles. The first-order valence-electron chi connectivity index (χ1n) is 6.69. The molecule has 0 aliphatic carbocycles. The summed E-state index contributed by atoms with van der Waals surface area (Å²) in [5, 5.41) is 3.40. The molecule has 1 unspecified atom stereocenters. The van der Waals surface area contributed by atoms with Crippen molar-refractivity contribution in [2.45, 2.75) is 26.4 Å². The number of hydrogen-bond acceptors (Lipinski definition) is 4. The molecule has 0 bridgehead atoms. The average molecular weight is 275 g/mol. The Bertz CT molecular complexity index is 566. The third kappa shape index (κ3) is 2.87. The third-order valence-electron chi connectivity index (χ3n) is 3.31. The lowest BCUT2D eigenvalue weighted by molar-refractivity contribution is 0.354. The van der Waals surface area contributed by atoms with Crippen molar-refractivity contribution in [2.24, 2.45) is 0 Å². The van der Waals surface area contributed by atoms with Gasteiger partial charge in [0.15, 0.2) is 11.5 Å². The van der Waals surface area contributed by atoms with Gasteiger partial charge in [-0.3, -0.25) is 0 Å². The largest absolute Gasteiger partial charge is 0.493 e. The summed E-state index contributed by atoms with van der Waals surface area (Å²) in [6.07, 6.45) is 3.76. The fraction of sp³-hybridized carbons (Fsp3) is 0.400. The first-order valence-corrected chi connectivity index (χ1v) is 6.69. The Balaban J connectivity index is 2.19. The van der Waals surface area contributed by atoms with Crippen LogP contribution >= 0.6 is 0 Å². The molecule has 0 aliphatic rings. The van der Waals surface area contributed by atoms with E-state index in [1.807, 2.05) is 24.4 Å². The van der Waals surface area contributed by atoms with Gasteiger partial charge in [0, 0.05) is 18.9 Å². The van der Waals surface area contributed by atoms with Crippen LogP contribution in [0.25, 0.3) is 0 Å². The highest BCUT2D eigenvalue weighted by atomic mass is 16.5. The number of imidazole rings is 1. The predicted octanol–water partition coefficient (Wildman–Crippen LogP) is 3.09. The lowest BCUT2D eigenvalue weighted by atomic mass is 10.1. The summed E-state index contributed by atoms with van der Waals surface area (Å²) >= 11 is 0. The normalized spacial score (nSPS) is 12.0. The van der Waals surface area contributed by atoms with Gasteiger partial charge in [0.05, 0.1) is 20.3 Å². The van der Waals surface area contributed by atoms with Gasteiger partial charge in [0.25, 0.3) is 0 Å². The van der Waals surface area contributed by atoms with Crippen LogP contribution in [-0.4, -0.2) is 23.8 Å². The average Bonchev–Trinajstić information content (AvgIpc) is 2.93. The Kier molecular flexibility index (Phi) is 4.50. The minimum atomic E-state index is 0.127. The number of nitrogens with one attached hydrogen (secondary N) is 1. The number of anilines is 1. The molecule has 0 saturated carbocycles. The first-order chi connectivity index (χ1) is 9.69. The van der Waals surface area contributed by atoms with Crippen LogP contribution in [0.4, 0.5) is 5.95 Å². The highest BCUT2D eigenvalue weighted by Crippen LogP contribution is 2.30. The van der Waals surface area contributed by atoms with Gasteiger partial charge in [-0.25, -0.2) is 4.98 Å². The van der Waals surface area contributed by atoms with E-state index in [1.165, 1.54) is 0 Å². The van der Waals surface area contributed by atoms with Crippen molar-refractivity contribution < 1.29 is 9.47 Å². The smallest absolute Gasteiger partial charge is 0.203 e. The fourth-order valence-corrected chi connectivity index (χ4v) is 2.10. The van der Waals surface area contributed by atoms with E-state index in [0.717, 1.165) is 29.6 Å². The lowest BCUT2D eigenvalue weighted by Crippen LogP contribution is -2.11. The summed E-state index contributed by atoms with van der Waals surface area (Å²) in [7, 11) is 3.28. The molecule has 2 rings (SSSR count). The van der Waals surface area contributed by atoms with E-state index >= 15 is 0 Å². The van der Waals surface area contributed by atoms with E-state index in [-0.39, 0.29) is 6.04 Å². The standard InChI is InChI=1S/C15H21N3O2/c1-5-18-9-8-16-15(18)17-11(2)12-6-7-13(19-3)14(10-12)20-4/h6-11H,5H2,1-4H3,(H,16,17). The lowest BCUT2D eigenvalue weighted by Gasteiger charge is -2.17. The van der Waals surface area contributed by atoms with Gasteiger partial charge >= 0.3 is 0 Å². The molecular formula is C15H21N3O2. The maximum Gasteiger partial charge on any atom is 0.203 e. The minimum Gasteiger partial charge on any atom is -0.493 e. The number of ether oxygens (including phenoxy) is 2. The third-order valence-corrected chi connectivity index (χ3v) is 3.31. The van der Waals surface area contributed by atoms with Crippen molar-refractivity contribution in [2.75, 3.05) is 19.5 Å². The van der Waals surface area contributed by atoms with Gasteiger partial charge in [-0.2, -0.15) is 0 Å². The Labute approximate surface area is 119 Å². The van der Waals surface area contributed by atoms with Crippen molar-refractivity contribution in [3.63, 3.8) is 0 Å². The molecule has 108 valence electrons. The van der Waals surface area contributed by atoms with E-state index in [9.17, 15) is 0 Å². The van der Waals surface area contributed by atoms with E-state index in [2.05, 4.69) is 28.7 Å². The Morgan fingerprint density at radius 2 is 2.00 bits per heavy atom. The van der Waals surface area contributed by atoms with Gasteiger partial charge in [-0.1, -0.05) is 6.07 Å². The van der Waals surface area contributed by atoms with Gasteiger partial charge in [0.2, 0.25) is 5.95 Å². The highest BCUT2D eigenvalue weighted by Gasteiger charge is 2.12. The van der Waals surface area contributed by atoms with Gasteiger partial charge in [-0.05, 0) is 31.5 Å². The summed E-state index contributed by atoms with van der Waals surface area (Å²) in [6.45, 7) is 5.07. The molecule has 1 atom stereocenters. The molecule has 5 heteroatoms. The van der Waals surface area contributed by atoms with E-state index in [1.54, 1.807) is 20.4 Å². The van der Waals surface area contributed by atoms with Gasteiger partial charge in [-0.15, -0.1) is 0 Å². The van der Waals surface area contributed by atoms with Crippen molar-refractivity contribution in [3.05, 3.63) is 36.2 Å². The summed E-state index contributed by atoms with van der Waals surface area (Å²) in [5.74, 6) is 2.34. The molecule has 1 aromatic carbocycles. The second kappa shape index (κ2) is 6.32. The summed E-state index contributed by atoms with van der Waals surface area (Å²) in [6, 6.07) is 6.05. The number of benzene rings is 1. The zero-order valence-corrected chi connectivity index (χ0v) is 12.4. The maximum absolute atomic E-state index is 5.33. The molecule has 0 aliphatic heterocycles. The maximum atomic E-state index is 5.33. The van der Waals surface area contributed by atoms with Crippen LogP contribution in [0.5, 0.6) is 11.5 Å². The molecule has 0 radical (unpaired) electrons. The Morgan fingerprint density at radius 3 is 2.65 bits per heavy atom. The monoisotopic (exact) mass is 275 g/mol. The Hall–Kier alpha value is -2.17. The molecule has 0 fully saturated rings. The van der Waals surface area contributed by atoms with Crippen LogP contribution in [0.2, 0.25) is 0 Å². The zero-order chi connectivity index (χ0) is 14.5. The topological polar surface area (TPSA) is 48.3 Å². The number of aryl methyl sites for hydroxylation is 1. The second-order valence-corrected chi connectivity index (χ2v) is 4.52. The summed E-state index contributed by atoms with van der Waals surface area (Å²) < 4.78 is 12.7. The predicted molar refractivity (Wildman–Crippen MR) is 79.5 cm³/mol. The fourth-order valence-electron chi connectivity index (χ4n) is 2.10. The van der Waals surface area contributed by atoms with Crippen LogP contribution < -0.4 is 14.8 Å². The molecule has 1 aromatic heterocycles. The molecule has 0 amide bonds. The Morgan fingerprint density at radius 1 is 1.25 bits per heavy atom. The molecule has 1 heterocycles.